The molecule has 4 saturated carbocycles. The second-order valence-corrected chi connectivity index (χ2v) is 14.8. The molecule has 1 unspecified atom stereocenters. The summed E-state index contributed by atoms with van der Waals surface area (Å²) in [5.74, 6) is -0.909. The van der Waals surface area contributed by atoms with Crippen LogP contribution < -0.4 is 5.32 Å². The van der Waals surface area contributed by atoms with Crippen LogP contribution in [0.1, 0.15) is 99.8 Å². The van der Waals surface area contributed by atoms with Crippen LogP contribution in [0, 0.1) is 39.9 Å². The van der Waals surface area contributed by atoms with Crippen LogP contribution in [0.15, 0.2) is 22.8 Å². The molecule has 4 aliphatic rings. The van der Waals surface area contributed by atoms with Gasteiger partial charge in [-0.25, -0.2) is 4.79 Å². The highest BCUT2D eigenvalue weighted by molar-refractivity contribution is 5.88. The molecule has 6 N–H and O–H groups in total. The van der Waals surface area contributed by atoms with Crippen molar-refractivity contribution in [3.05, 3.63) is 22.8 Å². The molecule has 10 atom stereocenters. The maximum absolute atomic E-state index is 12.6. The van der Waals surface area contributed by atoms with Crippen molar-refractivity contribution < 1.29 is 39.9 Å². The molecular weight excluding hydrogens is 562 g/mol. The summed E-state index contributed by atoms with van der Waals surface area (Å²) >= 11 is 0. The SMILES string of the molecule is CC(=O)O[C@@H]1C[C@@]2(C)[C@@H](C[C@@H](O)[C@H]3[C@@]4(C)CCC(O)[C@@H](C)[C@@H]4CC[C@@]32C)/C1=C(\CCC=C(C)C)C(=O)O.OCCNCCO. The average molecular weight is 622 g/mol. The van der Waals surface area contributed by atoms with Crippen LogP contribution >= 0.6 is 0 Å². The summed E-state index contributed by atoms with van der Waals surface area (Å²) in [4.78, 5) is 24.8. The summed E-state index contributed by atoms with van der Waals surface area (Å²) < 4.78 is 5.87. The van der Waals surface area contributed by atoms with E-state index in [0.29, 0.717) is 50.3 Å². The van der Waals surface area contributed by atoms with E-state index in [1.54, 1.807) is 0 Å². The topological polar surface area (TPSA) is 157 Å². The fourth-order valence-electron chi connectivity index (χ4n) is 10.1. The summed E-state index contributed by atoms with van der Waals surface area (Å²) in [7, 11) is 0. The van der Waals surface area contributed by atoms with Gasteiger partial charge in [-0.15, -0.1) is 0 Å². The van der Waals surface area contributed by atoms with Crippen molar-refractivity contribution in [1.82, 2.24) is 5.32 Å². The van der Waals surface area contributed by atoms with Gasteiger partial charge in [0.2, 0.25) is 0 Å². The van der Waals surface area contributed by atoms with Gasteiger partial charge in [0, 0.05) is 25.6 Å². The lowest BCUT2D eigenvalue weighted by molar-refractivity contribution is -0.234. The Kier molecular flexibility index (Phi) is 12.3. The molecule has 0 saturated heterocycles. The number of carbonyl (C=O) groups is 2. The molecule has 0 heterocycles. The first kappa shape index (κ1) is 36.7. The normalized spacial score (nSPS) is 40.4. The van der Waals surface area contributed by atoms with Crippen molar-refractivity contribution in [2.75, 3.05) is 26.3 Å². The summed E-state index contributed by atoms with van der Waals surface area (Å²) in [6, 6.07) is 0. The van der Waals surface area contributed by atoms with Crippen molar-refractivity contribution in [1.29, 1.82) is 0 Å². The number of aliphatic carboxylic acids is 1. The minimum Gasteiger partial charge on any atom is -0.478 e. The van der Waals surface area contributed by atoms with Crippen molar-refractivity contribution in [2.45, 2.75) is 118 Å². The lowest BCUT2D eigenvalue weighted by Gasteiger charge is -2.69. The number of ether oxygens (including phenoxy) is 1. The Morgan fingerprint density at radius 1 is 0.977 bits per heavy atom. The van der Waals surface area contributed by atoms with Gasteiger partial charge in [-0.1, -0.05) is 39.3 Å². The second-order valence-electron chi connectivity index (χ2n) is 14.8. The number of aliphatic hydroxyl groups excluding tert-OH is 4. The first-order chi connectivity index (χ1) is 20.6. The Bertz CT molecular complexity index is 1080. The maximum atomic E-state index is 12.6. The number of carboxylic acid groups (broad SMARTS) is 1. The number of allylic oxidation sites excluding steroid dienone is 2. The summed E-state index contributed by atoms with van der Waals surface area (Å²) in [5, 5.41) is 52.0. The van der Waals surface area contributed by atoms with Crippen LogP contribution in [0.3, 0.4) is 0 Å². The van der Waals surface area contributed by atoms with E-state index >= 15 is 0 Å². The van der Waals surface area contributed by atoms with Crippen LogP contribution in [-0.2, 0) is 14.3 Å². The molecule has 9 heteroatoms. The molecule has 0 aliphatic heterocycles. The number of fused-ring (bicyclic) bond motifs is 5. The molecule has 0 bridgehead atoms. The molecule has 0 amide bonds. The Labute approximate surface area is 264 Å². The zero-order chi connectivity index (χ0) is 33.0. The second kappa shape index (κ2) is 14.8. The van der Waals surface area contributed by atoms with Crippen LogP contribution in [0.2, 0.25) is 0 Å². The average Bonchev–Trinajstić information content (AvgIpc) is 3.20. The van der Waals surface area contributed by atoms with Crippen molar-refractivity contribution in [2.24, 2.45) is 39.9 Å². The van der Waals surface area contributed by atoms with Crippen LogP contribution in [0.25, 0.3) is 0 Å². The molecule has 0 aromatic carbocycles. The lowest BCUT2D eigenvalue weighted by Crippen LogP contribution is -2.65. The Balaban J connectivity index is 0.000000676. The number of hydrogen-bond acceptors (Lipinski definition) is 8. The number of carboxylic acids is 1. The minimum atomic E-state index is -0.953. The van der Waals surface area contributed by atoms with Gasteiger partial charge < -0.3 is 35.6 Å². The van der Waals surface area contributed by atoms with E-state index in [2.05, 4.69) is 33.0 Å². The zero-order valence-electron chi connectivity index (χ0n) is 28.1. The van der Waals surface area contributed by atoms with Gasteiger partial charge >= 0.3 is 11.9 Å². The minimum absolute atomic E-state index is 0.0474. The highest BCUT2D eigenvalue weighted by atomic mass is 16.5. The lowest BCUT2D eigenvalue weighted by atomic mass is 9.36. The van der Waals surface area contributed by atoms with Gasteiger partial charge in [0.25, 0.3) is 0 Å². The molecule has 4 fully saturated rings. The van der Waals surface area contributed by atoms with E-state index < -0.39 is 24.1 Å². The smallest absolute Gasteiger partial charge is 0.331 e. The summed E-state index contributed by atoms with van der Waals surface area (Å²) in [6.45, 7) is 15.9. The molecule has 4 aliphatic carbocycles. The van der Waals surface area contributed by atoms with Gasteiger partial charge in [0.15, 0.2) is 0 Å². The summed E-state index contributed by atoms with van der Waals surface area (Å²) in [5.41, 5.74) is 1.57. The van der Waals surface area contributed by atoms with Crippen molar-refractivity contribution >= 4 is 11.9 Å². The standard InChI is InChI=1S/C31H48O6.C4H11NO2/c1-17(2)9-8-10-20(28(35)36)26-22-15-24(34)27-29(5)13-12-23(33)18(3)21(29)11-14-30(27,6)31(22,7)16-25(26)37-19(4)32;6-3-1-5-2-4-7/h9,18,21-25,27,33-34H,8,10-16H2,1-7H3,(H,35,36);5-7H,1-4H2/b26-20-;/t18-,21-,22-,23?,24+,25+,27-,29-,30-,31-;/m0./s1. The van der Waals surface area contributed by atoms with Gasteiger partial charge in [-0.3, -0.25) is 4.79 Å². The van der Waals surface area contributed by atoms with Crippen LogP contribution in [0.4, 0.5) is 0 Å². The first-order valence-corrected chi connectivity index (χ1v) is 16.6. The number of aliphatic hydroxyl groups is 4. The van der Waals surface area contributed by atoms with E-state index in [1.807, 2.05) is 19.9 Å². The van der Waals surface area contributed by atoms with Gasteiger partial charge in [-0.05, 0) is 111 Å². The van der Waals surface area contributed by atoms with E-state index in [1.165, 1.54) is 6.92 Å². The third-order valence-corrected chi connectivity index (χ3v) is 12.1. The van der Waals surface area contributed by atoms with E-state index in [4.69, 9.17) is 14.9 Å². The highest BCUT2D eigenvalue weighted by Crippen LogP contribution is 2.74. The molecule has 9 nitrogen and oxygen atoms in total. The number of esters is 1. The quantitative estimate of drug-likeness (QED) is 0.0960. The zero-order valence-corrected chi connectivity index (χ0v) is 28.1. The number of carbonyl (C=O) groups excluding carboxylic acids is 1. The van der Waals surface area contributed by atoms with E-state index in [-0.39, 0.29) is 53.3 Å². The fraction of sp³-hybridized carbons (Fsp3) is 0.829. The largest absolute Gasteiger partial charge is 0.478 e. The molecule has 0 aromatic rings. The highest BCUT2D eigenvalue weighted by Gasteiger charge is 2.70. The van der Waals surface area contributed by atoms with Crippen LogP contribution in [0.5, 0.6) is 0 Å². The van der Waals surface area contributed by atoms with Gasteiger partial charge in [0.05, 0.1) is 25.4 Å². The van der Waals surface area contributed by atoms with Crippen molar-refractivity contribution in [3.8, 4) is 0 Å². The monoisotopic (exact) mass is 621 g/mol. The Morgan fingerprint density at radius 3 is 2.16 bits per heavy atom. The molecule has 4 rings (SSSR count). The van der Waals surface area contributed by atoms with E-state index in [9.17, 15) is 24.9 Å². The van der Waals surface area contributed by atoms with Gasteiger partial charge in [-0.2, -0.15) is 0 Å². The molecule has 44 heavy (non-hydrogen) atoms. The summed E-state index contributed by atoms with van der Waals surface area (Å²) in [6.07, 6.45) is 6.22. The third kappa shape index (κ3) is 6.97. The Hall–Kier alpha value is -1.78. The fourth-order valence-corrected chi connectivity index (χ4v) is 10.1. The number of rotatable bonds is 9. The molecular formula is C35H59NO8. The maximum Gasteiger partial charge on any atom is 0.331 e. The van der Waals surface area contributed by atoms with Crippen LogP contribution in [-0.4, -0.2) is 82.1 Å². The molecule has 252 valence electrons. The van der Waals surface area contributed by atoms with Gasteiger partial charge in [0.1, 0.15) is 6.10 Å². The number of nitrogens with one attached hydrogen (secondary N) is 1. The Morgan fingerprint density at radius 2 is 1.61 bits per heavy atom. The van der Waals surface area contributed by atoms with Crippen molar-refractivity contribution in [3.63, 3.8) is 0 Å². The third-order valence-electron chi connectivity index (χ3n) is 12.1. The molecule has 0 radical (unpaired) electrons. The predicted octanol–water partition coefficient (Wildman–Crippen LogP) is 4.23. The predicted molar refractivity (Wildman–Crippen MR) is 170 cm³/mol. The number of hydrogen-bond donors (Lipinski definition) is 6. The molecule has 0 spiro atoms. The first-order valence-electron chi connectivity index (χ1n) is 16.6. The molecule has 0 aromatic heterocycles. The van der Waals surface area contributed by atoms with E-state index in [0.717, 1.165) is 36.8 Å².